The highest BCUT2D eigenvalue weighted by molar-refractivity contribution is 5.87. The zero-order chi connectivity index (χ0) is 21.9. The number of rotatable bonds is 8. The van der Waals surface area contributed by atoms with E-state index in [0.29, 0.717) is 25.8 Å². The van der Waals surface area contributed by atoms with Gasteiger partial charge in [-0.25, -0.2) is 4.79 Å². The van der Waals surface area contributed by atoms with Crippen LogP contribution in [0.2, 0.25) is 0 Å². The van der Waals surface area contributed by atoms with Crippen LogP contribution in [0.5, 0.6) is 0 Å². The summed E-state index contributed by atoms with van der Waals surface area (Å²) < 4.78 is 0. The SMILES string of the molecule is C[C@H](NC(CCc1ccccc1)C(=O)O)C(=O)N1CCCCCCCC[C@H]1C(=O)O. The van der Waals surface area contributed by atoms with Crippen LogP contribution in [0.4, 0.5) is 0 Å². The lowest BCUT2D eigenvalue weighted by molar-refractivity contribution is -0.152. The van der Waals surface area contributed by atoms with E-state index < -0.39 is 30.1 Å². The maximum absolute atomic E-state index is 13.1. The predicted octanol–water partition coefficient (Wildman–Crippen LogP) is 3.08. The van der Waals surface area contributed by atoms with Crippen LogP contribution in [0, 0.1) is 0 Å². The lowest BCUT2D eigenvalue weighted by atomic mass is 10.0. The van der Waals surface area contributed by atoms with Gasteiger partial charge in [0.1, 0.15) is 12.1 Å². The van der Waals surface area contributed by atoms with E-state index in [2.05, 4.69) is 5.32 Å². The van der Waals surface area contributed by atoms with E-state index in [1.807, 2.05) is 30.3 Å². The number of hydrogen-bond acceptors (Lipinski definition) is 4. The lowest BCUT2D eigenvalue weighted by Crippen LogP contribution is -2.55. The molecule has 0 saturated carbocycles. The molecule has 7 nitrogen and oxygen atoms in total. The third kappa shape index (κ3) is 7.44. The number of amides is 1. The average Bonchev–Trinajstić information content (AvgIpc) is 2.74. The van der Waals surface area contributed by atoms with Crippen molar-refractivity contribution in [2.24, 2.45) is 0 Å². The second-order valence-electron chi connectivity index (χ2n) is 8.10. The minimum atomic E-state index is -1.01. The molecule has 1 heterocycles. The average molecular weight is 419 g/mol. The van der Waals surface area contributed by atoms with Gasteiger partial charge < -0.3 is 15.1 Å². The summed E-state index contributed by atoms with van der Waals surface area (Å²) in [6.07, 6.45) is 7.02. The molecule has 7 heteroatoms. The molecule has 1 aliphatic heterocycles. The van der Waals surface area contributed by atoms with Crippen molar-refractivity contribution >= 4 is 17.8 Å². The standard InChI is InChI=1S/C23H34N2O5/c1-17(24-19(22(27)28)15-14-18-11-7-6-8-12-18)21(26)25-16-10-5-3-2-4-9-13-20(25)23(29)30/h6-8,11-12,17,19-20,24H,2-5,9-10,13-16H2,1H3,(H,27,28)(H,29,30)/t17-,19?,20-/m0/s1. The fraction of sp³-hybridized carbons (Fsp3) is 0.609. The van der Waals surface area contributed by atoms with Crippen molar-refractivity contribution in [2.75, 3.05) is 6.54 Å². The summed E-state index contributed by atoms with van der Waals surface area (Å²) in [5.41, 5.74) is 1.03. The molecule has 2 rings (SSSR count). The van der Waals surface area contributed by atoms with Gasteiger partial charge in [-0.05, 0) is 38.2 Å². The molecular formula is C23H34N2O5. The Kier molecular flexibility index (Phi) is 9.80. The molecule has 1 aliphatic rings. The van der Waals surface area contributed by atoms with Crippen molar-refractivity contribution in [1.29, 1.82) is 0 Å². The van der Waals surface area contributed by atoms with E-state index in [-0.39, 0.29) is 5.91 Å². The van der Waals surface area contributed by atoms with Crippen molar-refractivity contribution in [3.63, 3.8) is 0 Å². The number of hydrogen-bond donors (Lipinski definition) is 3. The van der Waals surface area contributed by atoms with Crippen LogP contribution in [-0.2, 0) is 20.8 Å². The van der Waals surface area contributed by atoms with Gasteiger partial charge in [0.25, 0.3) is 0 Å². The summed E-state index contributed by atoms with van der Waals surface area (Å²) in [4.78, 5) is 38.1. The summed E-state index contributed by atoms with van der Waals surface area (Å²) in [6, 6.07) is 7.09. The van der Waals surface area contributed by atoms with Gasteiger partial charge in [0, 0.05) is 6.54 Å². The van der Waals surface area contributed by atoms with Gasteiger partial charge in [-0.1, -0.05) is 62.4 Å². The second kappa shape index (κ2) is 12.3. The van der Waals surface area contributed by atoms with Gasteiger partial charge in [-0.2, -0.15) is 0 Å². The zero-order valence-corrected chi connectivity index (χ0v) is 17.8. The highest BCUT2D eigenvalue weighted by Gasteiger charge is 2.33. The van der Waals surface area contributed by atoms with Gasteiger partial charge in [0.05, 0.1) is 6.04 Å². The summed E-state index contributed by atoms with van der Waals surface area (Å²) in [7, 11) is 0. The van der Waals surface area contributed by atoms with E-state index >= 15 is 0 Å². The van der Waals surface area contributed by atoms with E-state index in [0.717, 1.165) is 44.1 Å². The molecule has 1 saturated heterocycles. The molecule has 0 aromatic heterocycles. The molecule has 0 spiro atoms. The largest absolute Gasteiger partial charge is 0.480 e. The van der Waals surface area contributed by atoms with E-state index in [1.165, 1.54) is 4.90 Å². The Bertz CT molecular complexity index is 694. The summed E-state index contributed by atoms with van der Waals surface area (Å²) in [5.74, 6) is -2.34. The quantitative estimate of drug-likeness (QED) is 0.599. The number of aliphatic carboxylic acids is 2. The Hall–Kier alpha value is -2.41. The third-order valence-corrected chi connectivity index (χ3v) is 5.76. The number of nitrogens with one attached hydrogen (secondary N) is 1. The first-order valence-corrected chi connectivity index (χ1v) is 11.0. The Morgan fingerprint density at radius 3 is 2.30 bits per heavy atom. The number of carboxylic acids is 2. The van der Waals surface area contributed by atoms with Gasteiger partial charge in [0.2, 0.25) is 5.91 Å². The maximum atomic E-state index is 13.1. The van der Waals surface area contributed by atoms with E-state index in [4.69, 9.17) is 0 Å². The molecule has 0 radical (unpaired) electrons. The van der Waals surface area contributed by atoms with Crippen molar-refractivity contribution in [3.8, 4) is 0 Å². The topological polar surface area (TPSA) is 107 Å². The molecule has 1 amide bonds. The molecule has 0 bridgehead atoms. The maximum Gasteiger partial charge on any atom is 0.326 e. The van der Waals surface area contributed by atoms with Crippen LogP contribution in [0.1, 0.15) is 63.9 Å². The Morgan fingerprint density at radius 1 is 1.03 bits per heavy atom. The van der Waals surface area contributed by atoms with Gasteiger partial charge in [0.15, 0.2) is 0 Å². The Labute approximate surface area is 178 Å². The zero-order valence-electron chi connectivity index (χ0n) is 17.8. The Balaban J connectivity index is 2.04. The van der Waals surface area contributed by atoms with E-state index in [9.17, 15) is 24.6 Å². The summed E-state index contributed by atoms with van der Waals surface area (Å²) >= 11 is 0. The molecule has 0 aliphatic carbocycles. The normalized spacial score (nSPS) is 20.2. The van der Waals surface area contributed by atoms with Crippen molar-refractivity contribution < 1.29 is 24.6 Å². The number of carboxylic acid groups (broad SMARTS) is 2. The number of carbonyl (C=O) groups excluding carboxylic acids is 1. The smallest absolute Gasteiger partial charge is 0.326 e. The van der Waals surface area contributed by atoms with Crippen LogP contribution in [0.15, 0.2) is 30.3 Å². The molecule has 1 aromatic carbocycles. The van der Waals surface area contributed by atoms with E-state index in [1.54, 1.807) is 6.92 Å². The number of aryl methyl sites for hydroxylation is 1. The summed E-state index contributed by atoms with van der Waals surface area (Å²) in [5, 5.41) is 22.2. The predicted molar refractivity (Wildman–Crippen MR) is 114 cm³/mol. The number of benzene rings is 1. The number of carbonyl (C=O) groups is 3. The molecule has 30 heavy (non-hydrogen) atoms. The summed E-state index contributed by atoms with van der Waals surface area (Å²) in [6.45, 7) is 2.02. The van der Waals surface area contributed by atoms with Crippen LogP contribution in [0.3, 0.4) is 0 Å². The van der Waals surface area contributed by atoms with Crippen LogP contribution in [0.25, 0.3) is 0 Å². The highest BCUT2D eigenvalue weighted by atomic mass is 16.4. The molecular weight excluding hydrogens is 384 g/mol. The van der Waals surface area contributed by atoms with Crippen LogP contribution >= 0.6 is 0 Å². The number of nitrogens with zero attached hydrogens (tertiary/aromatic N) is 1. The third-order valence-electron chi connectivity index (χ3n) is 5.76. The molecule has 1 aromatic rings. The van der Waals surface area contributed by atoms with Gasteiger partial charge in [-0.3, -0.25) is 14.9 Å². The first-order valence-electron chi connectivity index (χ1n) is 11.0. The van der Waals surface area contributed by atoms with Crippen LogP contribution < -0.4 is 5.32 Å². The van der Waals surface area contributed by atoms with Crippen molar-refractivity contribution in [1.82, 2.24) is 10.2 Å². The Morgan fingerprint density at radius 2 is 1.67 bits per heavy atom. The fourth-order valence-electron chi connectivity index (χ4n) is 4.01. The molecule has 3 N–H and O–H groups in total. The van der Waals surface area contributed by atoms with Crippen molar-refractivity contribution in [3.05, 3.63) is 35.9 Å². The van der Waals surface area contributed by atoms with Gasteiger partial charge >= 0.3 is 11.9 Å². The first-order chi connectivity index (χ1) is 14.4. The minimum absolute atomic E-state index is 0.339. The monoisotopic (exact) mass is 418 g/mol. The minimum Gasteiger partial charge on any atom is -0.480 e. The molecule has 1 unspecified atom stereocenters. The highest BCUT2D eigenvalue weighted by Crippen LogP contribution is 2.18. The lowest BCUT2D eigenvalue weighted by Gasteiger charge is -2.33. The van der Waals surface area contributed by atoms with Gasteiger partial charge in [-0.15, -0.1) is 0 Å². The molecule has 3 atom stereocenters. The molecule has 1 fully saturated rings. The van der Waals surface area contributed by atoms with Crippen molar-refractivity contribution in [2.45, 2.75) is 82.8 Å². The first kappa shape index (κ1) is 23.9. The molecule has 166 valence electrons. The fourth-order valence-corrected chi connectivity index (χ4v) is 4.01. The second-order valence-corrected chi connectivity index (χ2v) is 8.10. The van der Waals surface area contributed by atoms with Crippen LogP contribution in [-0.4, -0.2) is 57.6 Å².